The van der Waals surface area contributed by atoms with Crippen molar-refractivity contribution in [3.05, 3.63) is 29.3 Å². The van der Waals surface area contributed by atoms with Gasteiger partial charge in [0.25, 0.3) is 0 Å². The summed E-state index contributed by atoms with van der Waals surface area (Å²) in [5.41, 5.74) is 0.653. The molecule has 0 radical (unpaired) electrons. The molecule has 2 N–H and O–H groups in total. The lowest BCUT2D eigenvalue weighted by Crippen LogP contribution is -2.60. The minimum absolute atomic E-state index is 0.0721. The maximum atomic E-state index is 13.3. The maximum absolute atomic E-state index is 13.3. The summed E-state index contributed by atoms with van der Waals surface area (Å²) >= 11 is 11.7. The number of anilines is 1. The highest BCUT2D eigenvalue weighted by molar-refractivity contribution is 7.80. The zero-order chi connectivity index (χ0) is 21.9. The summed E-state index contributed by atoms with van der Waals surface area (Å²) in [6.45, 7) is 11.2. The molecule has 3 rings (SSSR count). The van der Waals surface area contributed by atoms with Gasteiger partial charge in [0, 0.05) is 43.2 Å². The molecule has 166 valence electrons. The van der Waals surface area contributed by atoms with Crippen molar-refractivity contribution in [1.82, 2.24) is 15.1 Å². The van der Waals surface area contributed by atoms with E-state index in [1.165, 1.54) is 0 Å². The number of piperidine rings is 1. The predicted molar refractivity (Wildman–Crippen MR) is 129 cm³/mol. The number of hydrogen-bond donors (Lipinski definition) is 2. The summed E-state index contributed by atoms with van der Waals surface area (Å²) in [6.07, 6.45) is 3.72. The third kappa shape index (κ3) is 5.27. The van der Waals surface area contributed by atoms with Gasteiger partial charge >= 0.3 is 0 Å². The Morgan fingerprint density at radius 2 is 2.03 bits per heavy atom. The molecule has 1 aromatic carbocycles. The molecule has 0 aromatic heterocycles. The van der Waals surface area contributed by atoms with E-state index in [2.05, 4.69) is 48.1 Å². The summed E-state index contributed by atoms with van der Waals surface area (Å²) < 4.78 is 0. The lowest BCUT2D eigenvalue weighted by molar-refractivity contribution is -0.134. The van der Waals surface area contributed by atoms with Crippen molar-refractivity contribution >= 4 is 40.5 Å². The van der Waals surface area contributed by atoms with E-state index in [0.29, 0.717) is 22.0 Å². The number of benzene rings is 1. The number of rotatable bonds is 6. The molecular formula is C23H35ClN4OS. The smallest absolute Gasteiger partial charge is 0.241 e. The van der Waals surface area contributed by atoms with Crippen LogP contribution in [0.2, 0.25) is 5.02 Å². The average molecular weight is 451 g/mol. The van der Waals surface area contributed by atoms with Crippen molar-refractivity contribution in [2.24, 2.45) is 11.8 Å². The van der Waals surface area contributed by atoms with Crippen LogP contribution in [-0.2, 0) is 4.79 Å². The van der Waals surface area contributed by atoms with Crippen LogP contribution in [0, 0.1) is 11.8 Å². The number of nitrogens with one attached hydrogen (secondary N) is 2. The fraction of sp³-hybridized carbons (Fsp3) is 0.652. The topological polar surface area (TPSA) is 47.6 Å². The predicted octanol–water partition coefficient (Wildman–Crippen LogP) is 4.72. The highest BCUT2D eigenvalue weighted by atomic mass is 35.5. The van der Waals surface area contributed by atoms with E-state index in [9.17, 15) is 4.79 Å². The first kappa shape index (κ1) is 23.3. The van der Waals surface area contributed by atoms with E-state index in [-0.39, 0.29) is 17.6 Å². The monoisotopic (exact) mass is 450 g/mol. The zero-order valence-corrected chi connectivity index (χ0v) is 20.2. The van der Waals surface area contributed by atoms with E-state index in [1.54, 1.807) is 0 Å². The lowest BCUT2D eigenvalue weighted by Gasteiger charge is -2.46. The van der Waals surface area contributed by atoms with Gasteiger partial charge in [0.1, 0.15) is 0 Å². The molecule has 2 aliphatic heterocycles. The van der Waals surface area contributed by atoms with Gasteiger partial charge in [0.2, 0.25) is 5.91 Å². The summed E-state index contributed by atoms with van der Waals surface area (Å²) in [5, 5.41) is 8.45. The van der Waals surface area contributed by atoms with Crippen LogP contribution in [0.3, 0.4) is 0 Å². The highest BCUT2D eigenvalue weighted by Crippen LogP contribution is 2.35. The van der Waals surface area contributed by atoms with Gasteiger partial charge in [0.15, 0.2) is 5.11 Å². The molecule has 2 fully saturated rings. The molecule has 5 nitrogen and oxygen atoms in total. The summed E-state index contributed by atoms with van der Waals surface area (Å²) in [4.78, 5) is 17.6. The first-order valence-corrected chi connectivity index (χ1v) is 11.9. The highest BCUT2D eigenvalue weighted by Gasteiger charge is 2.51. The number of carbonyl (C=O) groups is 1. The fourth-order valence-electron chi connectivity index (χ4n) is 4.46. The molecule has 1 amide bonds. The van der Waals surface area contributed by atoms with Crippen LogP contribution in [0.25, 0.3) is 0 Å². The first-order chi connectivity index (χ1) is 14.2. The van der Waals surface area contributed by atoms with E-state index >= 15 is 0 Å². The molecule has 1 aromatic rings. The van der Waals surface area contributed by atoms with Crippen LogP contribution in [0.1, 0.15) is 53.4 Å². The quantitative estimate of drug-likeness (QED) is 0.614. The molecule has 7 heteroatoms. The molecule has 0 bridgehead atoms. The molecule has 30 heavy (non-hydrogen) atoms. The third-order valence-corrected chi connectivity index (χ3v) is 6.97. The zero-order valence-electron chi connectivity index (χ0n) is 18.6. The Morgan fingerprint density at radius 3 is 2.63 bits per heavy atom. The van der Waals surface area contributed by atoms with E-state index in [0.717, 1.165) is 51.0 Å². The van der Waals surface area contributed by atoms with Crippen molar-refractivity contribution in [3.63, 3.8) is 0 Å². The van der Waals surface area contributed by atoms with Gasteiger partial charge in [-0.3, -0.25) is 10.1 Å². The van der Waals surface area contributed by atoms with E-state index < -0.39 is 0 Å². The minimum atomic E-state index is -0.248. The van der Waals surface area contributed by atoms with Gasteiger partial charge in [-0.2, -0.15) is 0 Å². The molecule has 1 spiro atoms. The standard InChI is InChI=1S/C23H35ClN4OS/c1-5-17(4)15-28-21(29)20(13-16(2)3)26-23(28)9-11-27(12-10-23)22(30)25-19-8-6-7-18(24)14-19/h6-8,14,16-17,20,26H,5,9-13,15H2,1-4H3,(H,25,30)/t17-,20-/m1/s1. The second-order valence-electron chi connectivity index (χ2n) is 9.25. The van der Waals surface area contributed by atoms with Crippen molar-refractivity contribution in [1.29, 1.82) is 0 Å². The minimum Gasteiger partial charge on any atom is -0.349 e. The molecular weight excluding hydrogens is 416 g/mol. The molecule has 2 saturated heterocycles. The van der Waals surface area contributed by atoms with Crippen molar-refractivity contribution in [3.8, 4) is 0 Å². The van der Waals surface area contributed by atoms with Gasteiger partial charge in [-0.25, -0.2) is 0 Å². The summed E-state index contributed by atoms with van der Waals surface area (Å²) in [6, 6.07) is 7.53. The number of nitrogens with zero attached hydrogens (tertiary/aromatic N) is 2. The molecule has 2 atom stereocenters. The number of hydrogen-bond acceptors (Lipinski definition) is 3. The van der Waals surface area contributed by atoms with Crippen LogP contribution < -0.4 is 10.6 Å². The van der Waals surface area contributed by atoms with Crippen LogP contribution in [0.15, 0.2) is 24.3 Å². The number of carbonyl (C=O) groups excluding carboxylic acids is 1. The molecule has 2 aliphatic rings. The van der Waals surface area contributed by atoms with Crippen LogP contribution in [-0.4, -0.2) is 52.2 Å². The van der Waals surface area contributed by atoms with Gasteiger partial charge in [0.05, 0.1) is 11.7 Å². The Balaban J connectivity index is 1.68. The molecule has 0 aliphatic carbocycles. The van der Waals surface area contributed by atoms with Gasteiger partial charge < -0.3 is 15.1 Å². The number of halogens is 1. The van der Waals surface area contributed by atoms with Crippen LogP contribution in [0.4, 0.5) is 5.69 Å². The average Bonchev–Trinajstić information content (AvgIpc) is 2.93. The van der Waals surface area contributed by atoms with Crippen molar-refractivity contribution in [2.45, 2.75) is 65.1 Å². The summed E-state index contributed by atoms with van der Waals surface area (Å²) in [7, 11) is 0. The van der Waals surface area contributed by atoms with Gasteiger partial charge in [-0.1, -0.05) is 51.8 Å². The fourth-order valence-corrected chi connectivity index (χ4v) is 4.95. The van der Waals surface area contributed by atoms with Crippen molar-refractivity contribution < 1.29 is 4.79 Å². The Kier molecular flexibility index (Phi) is 7.64. The SMILES string of the molecule is CC[C@@H](C)CN1C(=O)[C@@H](CC(C)C)NC12CCN(C(=S)Nc1cccc(Cl)c1)CC2. The Morgan fingerprint density at radius 1 is 1.33 bits per heavy atom. The van der Waals surface area contributed by atoms with Crippen molar-refractivity contribution in [2.75, 3.05) is 25.0 Å². The van der Waals surface area contributed by atoms with Crippen LogP contribution >= 0.6 is 23.8 Å². The Bertz CT molecular complexity index is 763. The molecule has 0 unspecified atom stereocenters. The number of amides is 1. The van der Waals surface area contributed by atoms with E-state index in [1.807, 2.05) is 24.3 Å². The first-order valence-electron chi connectivity index (χ1n) is 11.1. The number of likely N-dealkylation sites (tertiary alicyclic amines) is 1. The van der Waals surface area contributed by atoms with Crippen LogP contribution in [0.5, 0.6) is 0 Å². The van der Waals surface area contributed by atoms with Gasteiger partial charge in [-0.15, -0.1) is 0 Å². The second-order valence-corrected chi connectivity index (χ2v) is 10.1. The number of thiocarbonyl (C=S) groups is 1. The molecule has 2 heterocycles. The third-order valence-electron chi connectivity index (χ3n) is 6.38. The Labute approximate surface area is 191 Å². The molecule has 0 saturated carbocycles. The second kappa shape index (κ2) is 9.84. The maximum Gasteiger partial charge on any atom is 0.241 e. The Hall–Kier alpha value is -1.37. The normalized spacial score (nSPS) is 22.1. The summed E-state index contributed by atoms with van der Waals surface area (Å²) in [5.74, 6) is 1.26. The van der Waals surface area contributed by atoms with E-state index in [4.69, 9.17) is 23.8 Å². The van der Waals surface area contributed by atoms with Gasteiger partial charge in [-0.05, 0) is 48.7 Å². The lowest BCUT2D eigenvalue weighted by atomic mass is 9.94. The largest absolute Gasteiger partial charge is 0.349 e.